The van der Waals surface area contributed by atoms with E-state index in [-0.39, 0.29) is 11.2 Å². The van der Waals surface area contributed by atoms with Crippen LogP contribution in [0.3, 0.4) is 0 Å². The third-order valence-corrected chi connectivity index (χ3v) is 5.20. The van der Waals surface area contributed by atoms with Gasteiger partial charge in [0.15, 0.2) is 11.2 Å². The molecule has 1 fully saturated rings. The third-order valence-electron chi connectivity index (χ3n) is 5.20. The molecule has 4 heterocycles. The van der Waals surface area contributed by atoms with Gasteiger partial charge in [-0.3, -0.25) is 23.2 Å². The second-order valence-corrected chi connectivity index (χ2v) is 6.72. The van der Waals surface area contributed by atoms with Gasteiger partial charge in [0.25, 0.3) is 5.56 Å². The van der Waals surface area contributed by atoms with Crippen LogP contribution in [0.15, 0.2) is 15.8 Å². The fourth-order valence-corrected chi connectivity index (χ4v) is 3.71. The molecule has 9 nitrogen and oxygen atoms in total. The highest BCUT2D eigenvalue weighted by atomic mass is 16.5. The summed E-state index contributed by atoms with van der Waals surface area (Å²) >= 11 is 0. The zero-order valence-corrected chi connectivity index (χ0v) is 15.4. The summed E-state index contributed by atoms with van der Waals surface area (Å²) in [6.07, 6.45) is 1.91. The Bertz CT molecular complexity index is 1080. The van der Waals surface area contributed by atoms with Crippen LogP contribution in [-0.4, -0.2) is 60.8 Å². The number of nitrogens with zero attached hydrogens (tertiary/aromatic N) is 6. The summed E-state index contributed by atoms with van der Waals surface area (Å²) in [7, 11) is 1.67. The molecule has 0 amide bonds. The molecule has 0 unspecified atom stereocenters. The maximum Gasteiger partial charge on any atom is 0.332 e. The highest BCUT2D eigenvalue weighted by Gasteiger charge is 2.20. The van der Waals surface area contributed by atoms with Crippen molar-refractivity contribution in [2.75, 3.05) is 32.8 Å². The SMILES string of the molecule is CCn1c(C)cn2c3c(=O)n(CCN4CCOCC4)c(=O)n(C)c3nc12. The molecule has 1 aliphatic heterocycles. The predicted octanol–water partition coefficient (Wildman–Crippen LogP) is -0.190. The van der Waals surface area contributed by atoms with Crippen molar-refractivity contribution in [1.29, 1.82) is 0 Å². The van der Waals surface area contributed by atoms with Crippen LogP contribution in [0, 0.1) is 6.92 Å². The van der Waals surface area contributed by atoms with E-state index in [0.29, 0.717) is 43.2 Å². The zero-order chi connectivity index (χ0) is 18.4. The molecular weight excluding hydrogens is 336 g/mol. The van der Waals surface area contributed by atoms with Gasteiger partial charge in [-0.05, 0) is 13.8 Å². The second-order valence-electron chi connectivity index (χ2n) is 6.72. The highest BCUT2D eigenvalue weighted by Crippen LogP contribution is 2.15. The van der Waals surface area contributed by atoms with Gasteiger partial charge in [0.1, 0.15) is 0 Å². The van der Waals surface area contributed by atoms with Crippen molar-refractivity contribution >= 4 is 16.9 Å². The van der Waals surface area contributed by atoms with Gasteiger partial charge in [-0.25, -0.2) is 4.79 Å². The number of morpholine rings is 1. The average Bonchev–Trinajstić information content (AvgIpc) is 3.15. The molecule has 0 atom stereocenters. The molecule has 1 saturated heterocycles. The minimum Gasteiger partial charge on any atom is -0.379 e. The van der Waals surface area contributed by atoms with Gasteiger partial charge in [-0.2, -0.15) is 4.98 Å². The number of ether oxygens (including phenoxy) is 1. The molecule has 0 saturated carbocycles. The maximum absolute atomic E-state index is 13.1. The summed E-state index contributed by atoms with van der Waals surface area (Å²) in [5.41, 5.74) is 1.32. The van der Waals surface area contributed by atoms with E-state index in [4.69, 9.17) is 4.74 Å². The molecule has 9 heteroatoms. The van der Waals surface area contributed by atoms with E-state index in [9.17, 15) is 9.59 Å². The van der Waals surface area contributed by atoms with Crippen LogP contribution in [-0.2, 0) is 24.9 Å². The summed E-state index contributed by atoms with van der Waals surface area (Å²) in [4.78, 5) is 32.6. The Balaban J connectivity index is 1.84. The first-order chi connectivity index (χ1) is 12.5. The molecular formula is C17H24N6O3. The van der Waals surface area contributed by atoms with Gasteiger partial charge in [-0.1, -0.05) is 0 Å². The van der Waals surface area contributed by atoms with Crippen molar-refractivity contribution in [2.24, 2.45) is 7.05 Å². The van der Waals surface area contributed by atoms with Crippen molar-refractivity contribution < 1.29 is 4.74 Å². The Morgan fingerprint density at radius 1 is 1.15 bits per heavy atom. The number of aryl methyl sites for hydroxylation is 3. The lowest BCUT2D eigenvalue weighted by molar-refractivity contribution is 0.0361. The van der Waals surface area contributed by atoms with E-state index < -0.39 is 0 Å². The van der Waals surface area contributed by atoms with E-state index in [1.165, 1.54) is 9.13 Å². The van der Waals surface area contributed by atoms with Gasteiger partial charge in [-0.15, -0.1) is 0 Å². The summed E-state index contributed by atoms with van der Waals surface area (Å²) in [6.45, 7) is 8.83. The first-order valence-corrected chi connectivity index (χ1v) is 9.00. The quantitative estimate of drug-likeness (QED) is 0.644. The second kappa shape index (κ2) is 6.40. The molecule has 0 N–H and O–H groups in total. The number of imidazole rings is 2. The van der Waals surface area contributed by atoms with Gasteiger partial charge in [0.2, 0.25) is 5.78 Å². The molecule has 0 aromatic carbocycles. The number of fused-ring (bicyclic) bond motifs is 3. The first kappa shape index (κ1) is 17.0. The lowest BCUT2D eigenvalue weighted by Gasteiger charge is -2.26. The number of hydrogen-bond acceptors (Lipinski definition) is 5. The molecule has 0 aliphatic carbocycles. The molecule has 1 aliphatic rings. The Morgan fingerprint density at radius 3 is 2.58 bits per heavy atom. The van der Waals surface area contributed by atoms with Gasteiger partial charge >= 0.3 is 5.69 Å². The van der Waals surface area contributed by atoms with E-state index >= 15 is 0 Å². The summed E-state index contributed by atoms with van der Waals surface area (Å²) in [6, 6.07) is 0. The Kier molecular flexibility index (Phi) is 4.20. The minimum absolute atomic E-state index is 0.280. The fourth-order valence-electron chi connectivity index (χ4n) is 3.71. The molecule has 4 rings (SSSR count). The van der Waals surface area contributed by atoms with Crippen LogP contribution >= 0.6 is 0 Å². The summed E-state index contributed by atoms with van der Waals surface area (Å²) in [5, 5.41) is 0. The van der Waals surface area contributed by atoms with Gasteiger partial charge in [0.05, 0.1) is 13.2 Å². The van der Waals surface area contributed by atoms with Crippen LogP contribution in [0.2, 0.25) is 0 Å². The monoisotopic (exact) mass is 360 g/mol. The van der Waals surface area contributed by atoms with Crippen molar-refractivity contribution in [3.63, 3.8) is 0 Å². The van der Waals surface area contributed by atoms with Crippen molar-refractivity contribution in [3.05, 3.63) is 32.7 Å². The summed E-state index contributed by atoms with van der Waals surface area (Å²) in [5.74, 6) is 0.693. The topological polar surface area (TPSA) is 78.7 Å². The Morgan fingerprint density at radius 2 is 1.88 bits per heavy atom. The molecule has 140 valence electrons. The van der Waals surface area contributed by atoms with E-state index in [1.807, 2.05) is 24.6 Å². The van der Waals surface area contributed by atoms with E-state index in [2.05, 4.69) is 9.88 Å². The zero-order valence-electron chi connectivity index (χ0n) is 15.4. The molecule has 0 radical (unpaired) electrons. The minimum atomic E-state index is -0.323. The van der Waals surface area contributed by atoms with Crippen LogP contribution in [0.4, 0.5) is 0 Å². The third kappa shape index (κ3) is 2.50. The highest BCUT2D eigenvalue weighted by molar-refractivity contribution is 5.75. The Labute approximate surface area is 150 Å². The first-order valence-electron chi connectivity index (χ1n) is 9.00. The normalized spacial score (nSPS) is 16.1. The smallest absolute Gasteiger partial charge is 0.332 e. The Hall–Kier alpha value is -2.39. The maximum atomic E-state index is 13.1. The van der Waals surface area contributed by atoms with E-state index in [1.54, 1.807) is 11.4 Å². The van der Waals surface area contributed by atoms with Gasteiger partial charge in [0, 0.05) is 51.7 Å². The van der Waals surface area contributed by atoms with Crippen LogP contribution in [0.25, 0.3) is 16.9 Å². The number of rotatable bonds is 4. The summed E-state index contributed by atoms with van der Waals surface area (Å²) < 4.78 is 12.0. The standard InChI is InChI=1S/C17H24N6O3/c1-4-21-12(2)11-23-13-14(18-16(21)23)19(3)17(25)22(15(13)24)6-5-20-7-9-26-10-8-20/h11H,4-10H2,1-3H3. The van der Waals surface area contributed by atoms with E-state index in [0.717, 1.165) is 25.3 Å². The lowest BCUT2D eigenvalue weighted by atomic mass is 10.4. The van der Waals surface area contributed by atoms with Crippen molar-refractivity contribution in [1.82, 2.24) is 28.0 Å². The number of aromatic nitrogens is 5. The van der Waals surface area contributed by atoms with Crippen LogP contribution in [0.1, 0.15) is 12.6 Å². The molecule has 0 bridgehead atoms. The average molecular weight is 360 g/mol. The van der Waals surface area contributed by atoms with Gasteiger partial charge < -0.3 is 9.30 Å². The molecule has 3 aromatic heterocycles. The molecule has 3 aromatic rings. The van der Waals surface area contributed by atoms with Crippen LogP contribution in [0.5, 0.6) is 0 Å². The predicted molar refractivity (Wildman–Crippen MR) is 97.9 cm³/mol. The van der Waals surface area contributed by atoms with Crippen molar-refractivity contribution in [3.8, 4) is 0 Å². The molecule has 26 heavy (non-hydrogen) atoms. The lowest BCUT2D eigenvalue weighted by Crippen LogP contribution is -2.44. The van der Waals surface area contributed by atoms with Crippen molar-refractivity contribution in [2.45, 2.75) is 26.9 Å². The molecule has 0 spiro atoms. The van der Waals surface area contributed by atoms with Crippen LogP contribution < -0.4 is 11.2 Å². The fraction of sp³-hybridized carbons (Fsp3) is 0.588. The largest absolute Gasteiger partial charge is 0.379 e. The number of hydrogen-bond donors (Lipinski definition) is 0.